The van der Waals surface area contributed by atoms with Crippen LogP contribution in [-0.2, 0) is 0 Å². The van der Waals surface area contributed by atoms with Gasteiger partial charge in [0.1, 0.15) is 0 Å². The zero-order valence-electron chi connectivity index (χ0n) is 9.75. The van der Waals surface area contributed by atoms with Gasteiger partial charge >= 0.3 is 0 Å². The van der Waals surface area contributed by atoms with Crippen molar-refractivity contribution in [2.24, 2.45) is 0 Å². The van der Waals surface area contributed by atoms with Crippen LogP contribution in [0, 0.1) is 0 Å². The molecule has 0 aliphatic carbocycles. The summed E-state index contributed by atoms with van der Waals surface area (Å²) in [6.07, 6.45) is 0. The molecule has 4 heteroatoms. The van der Waals surface area contributed by atoms with Crippen molar-refractivity contribution in [3.8, 4) is 0 Å². The molecule has 1 aromatic rings. The third-order valence-corrected chi connectivity index (χ3v) is 3.05. The first-order valence-electron chi connectivity index (χ1n) is 5.44. The number of benzene rings is 1. The number of likely N-dealkylation sites (N-methyl/N-ethyl adjacent to an activating group) is 1. The van der Waals surface area contributed by atoms with Crippen LogP contribution in [0.2, 0.25) is 0 Å². The number of hydrogen-bond acceptors (Lipinski definition) is 3. The van der Waals surface area contributed by atoms with E-state index in [9.17, 15) is 4.79 Å². The molecular formula is C12H18N2OS. The minimum atomic E-state index is 0.00630. The van der Waals surface area contributed by atoms with E-state index < -0.39 is 0 Å². The Morgan fingerprint density at radius 1 is 1.31 bits per heavy atom. The number of rotatable bonds is 6. The fourth-order valence-corrected chi connectivity index (χ4v) is 2.13. The zero-order valence-corrected chi connectivity index (χ0v) is 10.6. The van der Waals surface area contributed by atoms with Crippen LogP contribution in [0.25, 0.3) is 0 Å². The molecule has 0 unspecified atom stereocenters. The maximum absolute atomic E-state index is 11.9. The van der Waals surface area contributed by atoms with E-state index in [-0.39, 0.29) is 5.91 Å². The predicted octanol–water partition coefficient (Wildman–Crippen LogP) is 1.75. The molecular weight excluding hydrogens is 220 g/mol. The van der Waals surface area contributed by atoms with Crippen molar-refractivity contribution in [3.05, 3.63) is 29.8 Å². The maximum Gasteiger partial charge on any atom is 0.252 e. The van der Waals surface area contributed by atoms with E-state index in [2.05, 4.69) is 17.6 Å². The minimum absolute atomic E-state index is 0.00630. The molecule has 0 atom stereocenters. The predicted molar refractivity (Wildman–Crippen MR) is 69.1 cm³/mol. The Morgan fingerprint density at radius 2 is 2.06 bits per heavy atom. The molecule has 0 radical (unpaired) electrons. The highest BCUT2D eigenvalue weighted by Gasteiger charge is 2.09. The average molecular weight is 238 g/mol. The molecule has 0 aliphatic heterocycles. The van der Waals surface area contributed by atoms with E-state index in [4.69, 9.17) is 0 Å². The van der Waals surface area contributed by atoms with Gasteiger partial charge in [0.15, 0.2) is 0 Å². The van der Waals surface area contributed by atoms with E-state index in [1.165, 1.54) is 0 Å². The Hall–Kier alpha value is -1.00. The molecule has 3 nitrogen and oxygen atoms in total. The molecule has 1 amide bonds. The zero-order chi connectivity index (χ0) is 11.8. The summed E-state index contributed by atoms with van der Waals surface area (Å²) in [6.45, 7) is 3.52. The number of nitrogens with one attached hydrogen (secondary N) is 2. The molecule has 2 N–H and O–H groups in total. The SMILES string of the molecule is CCSc1ccccc1C(=O)NCCNC. The first-order valence-corrected chi connectivity index (χ1v) is 6.42. The van der Waals surface area contributed by atoms with Gasteiger partial charge in [0.25, 0.3) is 5.91 Å². The summed E-state index contributed by atoms with van der Waals surface area (Å²) in [7, 11) is 1.87. The Morgan fingerprint density at radius 3 is 2.75 bits per heavy atom. The second-order valence-electron chi connectivity index (χ2n) is 3.29. The highest BCUT2D eigenvalue weighted by molar-refractivity contribution is 7.99. The molecule has 0 saturated heterocycles. The second kappa shape index (κ2) is 7.30. The van der Waals surface area contributed by atoms with E-state index in [1.807, 2.05) is 31.3 Å². The monoisotopic (exact) mass is 238 g/mol. The summed E-state index contributed by atoms with van der Waals surface area (Å²) in [5, 5.41) is 5.88. The van der Waals surface area contributed by atoms with Crippen LogP contribution in [0.3, 0.4) is 0 Å². The highest BCUT2D eigenvalue weighted by atomic mass is 32.2. The van der Waals surface area contributed by atoms with Crippen molar-refractivity contribution in [3.63, 3.8) is 0 Å². The van der Waals surface area contributed by atoms with Crippen LogP contribution in [0.1, 0.15) is 17.3 Å². The number of thioether (sulfide) groups is 1. The first-order chi connectivity index (χ1) is 7.79. The first kappa shape index (κ1) is 13.1. The van der Waals surface area contributed by atoms with E-state index in [1.54, 1.807) is 11.8 Å². The quantitative estimate of drug-likeness (QED) is 0.586. The van der Waals surface area contributed by atoms with Crippen LogP contribution in [-0.4, -0.2) is 31.8 Å². The lowest BCUT2D eigenvalue weighted by Gasteiger charge is -2.08. The van der Waals surface area contributed by atoms with Crippen molar-refractivity contribution in [2.75, 3.05) is 25.9 Å². The third-order valence-electron chi connectivity index (χ3n) is 2.09. The Balaban J connectivity index is 2.66. The minimum Gasteiger partial charge on any atom is -0.351 e. The highest BCUT2D eigenvalue weighted by Crippen LogP contribution is 2.21. The number of carbonyl (C=O) groups excluding carboxylic acids is 1. The third kappa shape index (κ3) is 3.87. The van der Waals surface area contributed by atoms with Gasteiger partial charge in [0.2, 0.25) is 0 Å². The van der Waals surface area contributed by atoms with Crippen LogP contribution >= 0.6 is 11.8 Å². The fraction of sp³-hybridized carbons (Fsp3) is 0.417. The Bertz CT molecular complexity index is 342. The van der Waals surface area contributed by atoms with Gasteiger partial charge in [-0.2, -0.15) is 0 Å². The standard InChI is InChI=1S/C12H18N2OS/c1-3-16-11-7-5-4-6-10(11)12(15)14-9-8-13-2/h4-7,13H,3,8-9H2,1-2H3,(H,14,15). The van der Waals surface area contributed by atoms with Crippen molar-refractivity contribution in [2.45, 2.75) is 11.8 Å². The summed E-state index contributed by atoms with van der Waals surface area (Å²) in [4.78, 5) is 12.9. The van der Waals surface area contributed by atoms with Crippen LogP contribution in [0.15, 0.2) is 29.2 Å². The summed E-state index contributed by atoms with van der Waals surface area (Å²) in [6, 6.07) is 7.71. The molecule has 1 rings (SSSR count). The van der Waals surface area contributed by atoms with Gasteiger partial charge in [-0.15, -0.1) is 11.8 Å². The molecule has 1 aromatic carbocycles. The van der Waals surface area contributed by atoms with Gasteiger partial charge in [-0.1, -0.05) is 19.1 Å². The van der Waals surface area contributed by atoms with Gasteiger partial charge in [-0.3, -0.25) is 4.79 Å². The largest absolute Gasteiger partial charge is 0.351 e. The molecule has 0 bridgehead atoms. The molecule has 0 saturated carbocycles. The second-order valence-corrected chi connectivity index (χ2v) is 4.59. The van der Waals surface area contributed by atoms with Gasteiger partial charge in [0, 0.05) is 18.0 Å². The Kier molecular flexibility index (Phi) is 5.96. The van der Waals surface area contributed by atoms with Crippen molar-refractivity contribution >= 4 is 17.7 Å². The van der Waals surface area contributed by atoms with Gasteiger partial charge in [-0.05, 0) is 24.9 Å². The molecule has 16 heavy (non-hydrogen) atoms. The smallest absolute Gasteiger partial charge is 0.252 e. The van der Waals surface area contributed by atoms with E-state index >= 15 is 0 Å². The van der Waals surface area contributed by atoms with Gasteiger partial charge < -0.3 is 10.6 Å². The fourth-order valence-electron chi connectivity index (χ4n) is 1.33. The lowest BCUT2D eigenvalue weighted by Crippen LogP contribution is -2.30. The molecule has 0 heterocycles. The van der Waals surface area contributed by atoms with E-state index in [0.29, 0.717) is 6.54 Å². The summed E-state index contributed by atoms with van der Waals surface area (Å²) in [5.41, 5.74) is 0.769. The molecule has 0 spiro atoms. The summed E-state index contributed by atoms with van der Waals surface area (Å²) < 4.78 is 0. The average Bonchev–Trinajstić information content (AvgIpc) is 2.30. The van der Waals surface area contributed by atoms with Crippen molar-refractivity contribution in [1.29, 1.82) is 0 Å². The molecule has 0 aromatic heterocycles. The van der Waals surface area contributed by atoms with Gasteiger partial charge in [0.05, 0.1) is 5.56 Å². The summed E-state index contributed by atoms with van der Waals surface area (Å²) in [5.74, 6) is 0.979. The number of hydrogen-bond donors (Lipinski definition) is 2. The lowest BCUT2D eigenvalue weighted by atomic mass is 10.2. The summed E-state index contributed by atoms with van der Waals surface area (Å²) >= 11 is 1.69. The maximum atomic E-state index is 11.9. The van der Waals surface area contributed by atoms with Crippen LogP contribution in [0.5, 0.6) is 0 Å². The lowest BCUT2D eigenvalue weighted by molar-refractivity contribution is 0.0951. The van der Waals surface area contributed by atoms with Crippen molar-refractivity contribution in [1.82, 2.24) is 10.6 Å². The molecule has 0 aliphatic rings. The Labute approximate surface area is 101 Å². The van der Waals surface area contributed by atoms with E-state index in [0.717, 1.165) is 22.8 Å². The van der Waals surface area contributed by atoms with Gasteiger partial charge in [-0.25, -0.2) is 0 Å². The normalized spacial score (nSPS) is 10.1. The van der Waals surface area contributed by atoms with Crippen LogP contribution in [0.4, 0.5) is 0 Å². The number of carbonyl (C=O) groups is 1. The number of amides is 1. The topological polar surface area (TPSA) is 41.1 Å². The van der Waals surface area contributed by atoms with Crippen molar-refractivity contribution < 1.29 is 4.79 Å². The molecule has 0 fully saturated rings. The molecule has 88 valence electrons. The van der Waals surface area contributed by atoms with Crippen LogP contribution < -0.4 is 10.6 Å².